The number of aliphatic hydroxyl groups excluding tert-OH is 4. The van der Waals surface area contributed by atoms with E-state index in [1.165, 1.54) is 6.92 Å². The number of ether oxygens (including phenoxy) is 2. The summed E-state index contributed by atoms with van der Waals surface area (Å²) in [5, 5.41) is 54.9. The minimum absolute atomic E-state index is 0.202. The van der Waals surface area contributed by atoms with Gasteiger partial charge in [0.2, 0.25) is 0 Å². The molecule has 0 amide bonds. The molecular weight excluding hydrogens is 602 g/mol. The Morgan fingerprint density at radius 1 is 1.00 bits per heavy atom. The van der Waals surface area contributed by atoms with E-state index in [0.717, 1.165) is 67.1 Å². The number of benzene rings is 2. The number of hydrogen-bond donors (Lipinski definition) is 6. The Kier molecular flexibility index (Phi) is 10.2. The Balaban J connectivity index is 1.30. The highest BCUT2D eigenvalue weighted by atomic mass is 32.2. The summed E-state index contributed by atoms with van der Waals surface area (Å²) < 4.78 is 40.7. The zero-order valence-electron chi connectivity index (χ0n) is 25.1. The van der Waals surface area contributed by atoms with Crippen molar-refractivity contribution in [3.63, 3.8) is 0 Å². The number of nitrogens with one attached hydrogen (secondary N) is 2. The third kappa shape index (κ3) is 7.23. The maximum atomic E-state index is 13.1. The predicted molar refractivity (Wildman–Crippen MR) is 168 cm³/mol. The van der Waals surface area contributed by atoms with Gasteiger partial charge in [0.25, 0.3) is 10.0 Å². The summed E-state index contributed by atoms with van der Waals surface area (Å²) in [6, 6.07) is 17.7. The molecule has 14 heteroatoms. The standard InChI is InChI=1S/C31H39N5O8S/c1-19(27(17-32)45(41,42)34-18-26-28(37)29(38)30(39)31(40)44-26)24-7-8-25(35(24)2)22-4-3-21-16-23(6-5-20(21)15-22)33-9-10-36-11-13-43-14-12-36/h3-8,15-16,26,28-31,33-34,37-40H,9-14,18H2,1-2H3/b27-19+/t26-,28-,29+,30-,31?/m1/s1. The van der Waals surface area contributed by atoms with Crippen molar-refractivity contribution in [1.29, 1.82) is 5.26 Å². The zero-order valence-corrected chi connectivity index (χ0v) is 25.9. The molecule has 0 radical (unpaired) electrons. The molecule has 2 aliphatic rings. The van der Waals surface area contributed by atoms with Crippen LogP contribution in [-0.4, -0.2) is 115 Å². The lowest BCUT2D eigenvalue weighted by Crippen LogP contribution is -2.60. The van der Waals surface area contributed by atoms with Gasteiger partial charge in [0.15, 0.2) is 11.2 Å². The van der Waals surface area contributed by atoms with Gasteiger partial charge in [0.1, 0.15) is 30.5 Å². The van der Waals surface area contributed by atoms with E-state index in [1.54, 1.807) is 19.2 Å². The minimum atomic E-state index is -4.39. The molecule has 3 aromatic rings. The predicted octanol–water partition coefficient (Wildman–Crippen LogP) is 0.563. The zero-order chi connectivity index (χ0) is 32.3. The lowest BCUT2D eigenvalue weighted by atomic mass is 9.99. The van der Waals surface area contributed by atoms with Gasteiger partial charge in [0, 0.05) is 62.4 Å². The van der Waals surface area contributed by atoms with Gasteiger partial charge < -0.3 is 39.8 Å². The SMILES string of the molecule is C/C(=C(/C#N)S(=O)(=O)NC[C@H]1OC(O)[C@H](O)[C@@H](O)[C@@H]1O)c1ccc(-c2ccc3cc(NCCN4CCOCC4)ccc3c2)n1C. The monoisotopic (exact) mass is 641 g/mol. The maximum absolute atomic E-state index is 13.1. The average Bonchev–Trinajstić information content (AvgIpc) is 3.42. The van der Waals surface area contributed by atoms with E-state index in [1.807, 2.05) is 28.8 Å². The maximum Gasteiger partial charge on any atom is 0.251 e. The van der Waals surface area contributed by atoms with E-state index in [0.29, 0.717) is 5.69 Å². The van der Waals surface area contributed by atoms with Gasteiger partial charge in [0.05, 0.1) is 13.2 Å². The molecule has 0 saturated carbocycles. The van der Waals surface area contributed by atoms with Gasteiger partial charge in [-0.3, -0.25) is 4.90 Å². The van der Waals surface area contributed by atoms with Crippen molar-refractivity contribution in [2.24, 2.45) is 7.05 Å². The van der Waals surface area contributed by atoms with E-state index >= 15 is 0 Å². The molecule has 0 spiro atoms. The molecular formula is C31H39N5O8S. The van der Waals surface area contributed by atoms with Crippen molar-refractivity contribution in [1.82, 2.24) is 14.2 Å². The highest BCUT2D eigenvalue weighted by Crippen LogP contribution is 2.31. The minimum Gasteiger partial charge on any atom is -0.388 e. The van der Waals surface area contributed by atoms with Crippen molar-refractivity contribution < 1.29 is 38.3 Å². The van der Waals surface area contributed by atoms with E-state index < -0.39 is 52.2 Å². The summed E-state index contributed by atoms with van der Waals surface area (Å²) >= 11 is 0. The lowest BCUT2D eigenvalue weighted by molar-refractivity contribution is -0.279. The first-order valence-electron chi connectivity index (χ1n) is 14.7. The number of hydrogen-bond acceptors (Lipinski definition) is 11. The van der Waals surface area contributed by atoms with Crippen LogP contribution in [0.4, 0.5) is 5.69 Å². The van der Waals surface area contributed by atoms with E-state index in [2.05, 4.69) is 33.1 Å². The Morgan fingerprint density at radius 3 is 2.44 bits per heavy atom. The number of anilines is 1. The van der Waals surface area contributed by atoms with Crippen molar-refractivity contribution in [2.45, 2.75) is 37.6 Å². The fourth-order valence-corrected chi connectivity index (χ4v) is 6.86. The molecule has 5 atom stereocenters. The number of allylic oxidation sites excluding steroid dienone is 2. The second-order valence-corrected chi connectivity index (χ2v) is 13.0. The fraction of sp³-hybridized carbons (Fsp3) is 0.452. The highest BCUT2D eigenvalue weighted by Gasteiger charge is 2.43. The number of aromatic nitrogens is 1. The van der Waals surface area contributed by atoms with Gasteiger partial charge in [-0.1, -0.05) is 18.2 Å². The van der Waals surface area contributed by atoms with Crippen LogP contribution in [0, 0.1) is 11.3 Å². The van der Waals surface area contributed by atoms with Gasteiger partial charge in [-0.15, -0.1) is 0 Å². The van der Waals surface area contributed by atoms with Crippen LogP contribution in [-0.2, 0) is 26.5 Å². The molecule has 242 valence electrons. The average molecular weight is 642 g/mol. The van der Waals surface area contributed by atoms with Crippen LogP contribution < -0.4 is 10.0 Å². The molecule has 1 aromatic heterocycles. The first kappa shape index (κ1) is 33.0. The molecule has 1 unspecified atom stereocenters. The summed E-state index contributed by atoms with van der Waals surface area (Å²) in [7, 11) is -2.60. The molecule has 0 bridgehead atoms. The number of sulfonamides is 1. The van der Waals surface area contributed by atoms with Gasteiger partial charge in [-0.2, -0.15) is 5.26 Å². The molecule has 45 heavy (non-hydrogen) atoms. The Hall–Kier alpha value is -3.36. The topological polar surface area (TPSA) is 190 Å². The third-order valence-electron chi connectivity index (χ3n) is 8.38. The Labute approximate surface area is 262 Å². The summed E-state index contributed by atoms with van der Waals surface area (Å²) in [4.78, 5) is 1.84. The number of rotatable bonds is 10. The van der Waals surface area contributed by atoms with Crippen LogP contribution >= 0.6 is 0 Å². The first-order chi connectivity index (χ1) is 21.5. The lowest BCUT2D eigenvalue weighted by Gasteiger charge is -2.38. The van der Waals surface area contributed by atoms with E-state index in [4.69, 9.17) is 9.47 Å². The summed E-state index contributed by atoms with van der Waals surface area (Å²) in [5.41, 5.74) is 3.49. The molecule has 2 saturated heterocycles. The van der Waals surface area contributed by atoms with E-state index in [-0.39, 0.29) is 5.57 Å². The van der Waals surface area contributed by atoms with Crippen LogP contribution in [0.25, 0.3) is 27.6 Å². The molecule has 2 aliphatic heterocycles. The van der Waals surface area contributed by atoms with Crippen LogP contribution in [0.2, 0.25) is 0 Å². The van der Waals surface area contributed by atoms with Crippen molar-refractivity contribution in [3.8, 4) is 17.3 Å². The van der Waals surface area contributed by atoms with Crippen LogP contribution in [0.15, 0.2) is 53.4 Å². The highest BCUT2D eigenvalue weighted by molar-refractivity contribution is 7.93. The second-order valence-electron chi connectivity index (χ2n) is 11.3. The third-order valence-corrected chi connectivity index (χ3v) is 9.86. The number of fused-ring (bicyclic) bond motifs is 1. The van der Waals surface area contributed by atoms with E-state index in [9.17, 15) is 34.1 Å². The molecule has 5 rings (SSSR count). The molecule has 6 N–H and O–H groups in total. The molecule has 0 aliphatic carbocycles. The smallest absolute Gasteiger partial charge is 0.251 e. The quantitative estimate of drug-likeness (QED) is 0.170. The van der Waals surface area contributed by atoms with Crippen molar-refractivity contribution in [2.75, 3.05) is 51.3 Å². The number of morpholine rings is 1. The van der Waals surface area contributed by atoms with Crippen LogP contribution in [0.5, 0.6) is 0 Å². The number of aliphatic hydroxyl groups is 4. The van der Waals surface area contributed by atoms with Crippen LogP contribution in [0.3, 0.4) is 0 Å². The molecule has 13 nitrogen and oxygen atoms in total. The summed E-state index contributed by atoms with van der Waals surface area (Å²) in [5.74, 6) is 0. The number of nitriles is 1. The fourth-order valence-electron chi connectivity index (χ4n) is 5.70. The van der Waals surface area contributed by atoms with Crippen molar-refractivity contribution >= 4 is 32.1 Å². The normalized spacial score (nSPS) is 25.1. The molecule has 3 heterocycles. The summed E-state index contributed by atoms with van der Waals surface area (Å²) in [6.07, 6.45) is -8.32. The van der Waals surface area contributed by atoms with Gasteiger partial charge in [-0.25, -0.2) is 13.1 Å². The molecule has 2 fully saturated rings. The van der Waals surface area contributed by atoms with Crippen molar-refractivity contribution in [3.05, 3.63) is 59.1 Å². The first-order valence-corrected chi connectivity index (χ1v) is 16.2. The summed E-state index contributed by atoms with van der Waals surface area (Å²) in [6.45, 7) is 6.23. The van der Waals surface area contributed by atoms with Gasteiger partial charge >= 0.3 is 0 Å². The Bertz CT molecular complexity index is 1700. The second kappa shape index (κ2) is 14.0. The van der Waals surface area contributed by atoms with Crippen LogP contribution in [0.1, 0.15) is 12.6 Å². The van der Waals surface area contributed by atoms with Gasteiger partial charge in [-0.05, 0) is 53.6 Å². The molecule has 2 aromatic carbocycles. The largest absolute Gasteiger partial charge is 0.388 e. The number of nitrogens with zero attached hydrogens (tertiary/aromatic N) is 3. The Morgan fingerprint density at radius 2 is 1.71 bits per heavy atom.